The fourth-order valence-corrected chi connectivity index (χ4v) is 2.97. The second-order valence-electron chi connectivity index (χ2n) is 6.14. The third kappa shape index (κ3) is 5.69. The molecule has 1 atom stereocenters. The van der Waals surface area contributed by atoms with E-state index in [1.54, 1.807) is 7.11 Å². The molecule has 5 nitrogen and oxygen atoms in total. The van der Waals surface area contributed by atoms with E-state index in [4.69, 9.17) is 4.74 Å². The first-order valence-electron chi connectivity index (χ1n) is 8.38. The largest absolute Gasteiger partial charge is 0.385 e. The van der Waals surface area contributed by atoms with E-state index in [2.05, 4.69) is 5.32 Å². The monoisotopic (exact) mass is 336 g/mol. The average molecular weight is 336 g/mol. The van der Waals surface area contributed by atoms with Crippen molar-refractivity contribution in [3.8, 4) is 0 Å². The number of rotatable bonds is 8. The summed E-state index contributed by atoms with van der Waals surface area (Å²) in [6, 6.07) is 5.67. The van der Waals surface area contributed by atoms with Gasteiger partial charge in [-0.25, -0.2) is 4.39 Å². The molecule has 0 bridgehead atoms. The molecule has 1 aliphatic heterocycles. The van der Waals surface area contributed by atoms with Crippen LogP contribution >= 0.6 is 0 Å². The molecule has 0 spiro atoms. The first-order chi connectivity index (χ1) is 11.6. The van der Waals surface area contributed by atoms with Crippen LogP contribution in [0.1, 0.15) is 29.6 Å². The van der Waals surface area contributed by atoms with Crippen molar-refractivity contribution in [2.75, 3.05) is 39.9 Å². The summed E-state index contributed by atoms with van der Waals surface area (Å²) in [6.07, 6.45) is 2.48. The molecule has 2 rings (SSSR count). The molecule has 0 aromatic heterocycles. The Labute approximate surface area is 142 Å². The van der Waals surface area contributed by atoms with Crippen molar-refractivity contribution < 1.29 is 18.7 Å². The zero-order valence-corrected chi connectivity index (χ0v) is 14.1. The lowest BCUT2D eigenvalue weighted by atomic mass is 9.90. The van der Waals surface area contributed by atoms with Gasteiger partial charge in [0, 0.05) is 38.3 Å². The summed E-state index contributed by atoms with van der Waals surface area (Å²) in [5.74, 6) is -0.478. The molecule has 1 fully saturated rings. The minimum absolute atomic E-state index is 0.0269. The van der Waals surface area contributed by atoms with Gasteiger partial charge in [-0.05, 0) is 50.1 Å². The van der Waals surface area contributed by atoms with Gasteiger partial charge in [-0.2, -0.15) is 0 Å². The number of nitrogens with zero attached hydrogens (tertiary/aromatic N) is 1. The number of hydrogen-bond acceptors (Lipinski definition) is 4. The summed E-state index contributed by atoms with van der Waals surface area (Å²) in [6.45, 7) is 2.91. The minimum Gasteiger partial charge on any atom is -0.385 e. The summed E-state index contributed by atoms with van der Waals surface area (Å²) in [5.41, 5.74) is 0.535. The molecule has 0 unspecified atom stereocenters. The van der Waals surface area contributed by atoms with E-state index in [0.717, 1.165) is 25.8 Å². The van der Waals surface area contributed by atoms with Crippen LogP contribution in [0, 0.1) is 11.7 Å². The number of likely N-dealkylation sites (tertiary alicyclic amines) is 1. The molecule has 1 N–H and O–H groups in total. The first kappa shape index (κ1) is 18.5. The van der Waals surface area contributed by atoms with Gasteiger partial charge < -0.3 is 10.1 Å². The van der Waals surface area contributed by atoms with E-state index in [1.807, 2.05) is 4.90 Å². The van der Waals surface area contributed by atoms with E-state index in [1.165, 1.54) is 24.3 Å². The Morgan fingerprint density at radius 3 is 2.79 bits per heavy atom. The molecule has 1 aromatic rings. The van der Waals surface area contributed by atoms with Crippen molar-refractivity contribution >= 4 is 11.7 Å². The minimum atomic E-state index is -0.345. The van der Waals surface area contributed by atoms with Crippen LogP contribution in [0.5, 0.6) is 0 Å². The number of nitrogens with one attached hydrogen (secondary N) is 1. The van der Waals surface area contributed by atoms with Crippen LogP contribution in [0.25, 0.3) is 0 Å². The van der Waals surface area contributed by atoms with Gasteiger partial charge in [0.25, 0.3) is 0 Å². The van der Waals surface area contributed by atoms with Gasteiger partial charge in [-0.15, -0.1) is 0 Å². The lowest BCUT2D eigenvalue weighted by Crippen LogP contribution is -2.44. The van der Waals surface area contributed by atoms with Gasteiger partial charge in [-0.3, -0.25) is 14.5 Å². The van der Waals surface area contributed by atoms with Crippen LogP contribution in [-0.2, 0) is 9.53 Å². The Balaban J connectivity index is 1.81. The highest BCUT2D eigenvalue weighted by Gasteiger charge is 2.27. The Morgan fingerprint density at radius 2 is 2.08 bits per heavy atom. The molecule has 1 aliphatic rings. The van der Waals surface area contributed by atoms with E-state index in [-0.39, 0.29) is 23.4 Å². The summed E-state index contributed by atoms with van der Waals surface area (Å²) in [4.78, 5) is 26.5. The summed E-state index contributed by atoms with van der Waals surface area (Å²) >= 11 is 0. The number of ether oxygens (including phenoxy) is 1. The van der Waals surface area contributed by atoms with Gasteiger partial charge in [0.15, 0.2) is 5.78 Å². The van der Waals surface area contributed by atoms with Crippen molar-refractivity contribution in [1.29, 1.82) is 0 Å². The van der Waals surface area contributed by atoms with E-state index in [0.29, 0.717) is 31.8 Å². The lowest BCUT2D eigenvalue weighted by molar-refractivity contribution is -0.122. The number of Topliss-reactive ketones (excluding diaryl/α,β-unsaturated/α-hetero) is 1. The molecule has 132 valence electrons. The first-order valence-corrected chi connectivity index (χ1v) is 8.38. The molecule has 1 heterocycles. The van der Waals surface area contributed by atoms with Crippen LogP contribution in [0.4, 0.5) is 4.39 Å². The number of hydrogen-bond donors (Lipinski definition) is 1. The highest BCUT2D eigenvalue weighted by atomic mass is 19.1. The van der Waals surface area contributed by atoms with Crippen LogP contribution in [0.2, 0.25) is 0 Å². The van der Waals surface area contributed by atoms with Crippen LogP contribution in [0.3, 0.4) is 0 Å². The summed E-state index contributed by atoms with van der Waals surface area (Å²) in [5, 5.41) is 2.86. The lowest BCUT2D eigenvalue weighted by Gasteiger charge is -2.31. The smallest absolute Gasteiger partial charge is 0.234 e. The summed E-state index contributed by atoms with van der Waals surface area (Å²) in [7, 11) is 1.63. The van der Waals surface area contributed by atoms with Crippen molar-refractivity contribution in [3.63, 3.8) is 0 Å². The van der Waals surface area contributed by atoms with Gasteiger partial charge in [0.05, 0.1) is 6.54 Å². The zero-order valence-electron chi connectivity index (χ0n) is 14.1. The molecule has 0 aliphatic carbocycles. The van der Waals surface area contributed by atoms with Crippen molar-refractivity contribution in [1.82, 2.24) is 10.2 Å². The van der Waals surface area contributed by atoms with Crippen molar-refractivity contribution in [2.24, 2.45) is 5.92 Å². The maximum atomic E-state index is 13.0. The van der Waals surface area contributed by atoms with Gasteiger partial charge in [-0.1, -0.05) is 0 Å². The number of carbonyl (C=O) groups excluding carboxylic acids is 2. The number of piperidine rings is 1. The fraction of sp³-hybridized carbons (Fsp3) is 0.556. The fourth-order valence-electron chi connectivity index (χ4n) is 2.97. The predicted octanol–water partition coefficient (Wildman–Crippen LogP) is 1.87. The highest BCUT2D eigenvalue weighted by molar-refractivity contribution is 5.98. The number of amides is 1. The Bertz CT molecular complexity index is 548. The zero-order chi connectivity index (χ0) is 17.4. The molecule has 0 saturated carbocycles. The van der Waals surface area contributed by atoms with E-state index in [9.17, 15) is 14.0 Å². The molecule has 24 heavy (non-hydrogen) atoms. The second-order valence-corrected chi connectivity index (χ2v) is 6.14. The van der Waals surface area contributed by atoms with Crippen LogP contribution < -0.4 is 5.32 Å². The highest BCUT2D eigenvalue weighted by Crippen LogP contribution is 2.21. The molecular weight excluding hydrogens is 311 g/mol. The quantitative estimate of drug-likeness (QED) is 0.582. The van der Waals surface area contributed by atoms with Gasteiger partial charge in [0.1, 0.15) is 5.82 Å². The molecule has 1 saturated heterocycles. The molecule has 6 heteroatoms. The number of carbonyl (C=O) groups is 2. The number of halogens is 1. The molecule has 1 amide bonds. The Kier molecular flexibility index (Phi) is 7.34. The van der Waals surface area contributed by atoms with Crippen LogP contribution in [0.15, 0.2) is 24.3 Å². The summed E-state index contributed by atoms with van der Waals surface area (Å²) < 4.78 is 17.9. The Hall–Kier alpha value is -1.79. The SMILES string of the molecule is COCCCNC(=O)CN1CCC[C@@H](C(=O)c2ccc(F)cc2)C1. The van der Waals surface area contributed by atoms with Crippen LogP contribution in [-0.4, -0.2) is 56.5 Å². The normalized spacial score (nSPS) is 18.3. The molecule has 0 radical (unpaired) electrons. The number of ketones is 1. The van der Waals surface area contributed by atoms with Gasteiger partial charge >= 0.3 is 0 Å². The van der Waals surface area contributed by atoms with Crippen molar-refractivity contribution in [3.05, 3.63) is 35.6 Å². The number of benzene rings is 1. The average Bonchev–Trinajstić information content (AvgIpc) is 2.59. The van der Waals surface area contributed by atoms with E-state index >= 15 is 0 Å². The Morgan fingerprint density at radius 1 is 1.33 bits per heavy atom. The number of methoxy groups -OCH3 is 1. The van der Waals surface area contributed by atoms with E-state index < -0.39 is 0 Å². The van der Waals surface area contributed by atoms with Gasteiger partial charge in [0.2, 0.25) is 5.91 Å². The molecule has 1 aromatic carbocycles. The third-order valence-corrected chi connectivity index (χ3v) is 4.22. The predicted molar refractivity (Wildman–Crippen MR) is 89.4 cm³/mol. The maximum absolute atomic E-state index is 13.0. The molecular formula is C18H25FN2O3. The maximum Gasteiger partial charge on any atom is 0.234 e. The third-order valence-electron chi connectivity index (χ3n) is 4.22. The van der Waals surface area contributed by atoms with Crippen molar-refractivity contribution in [2.45, 2.75) is 19.3 Å². The second kappa shape index (κ2) is 9.49. The standard InChI is InChI=1S/C18H25FN2O3/c1-24-11-3-9-20-17(22)13-21-10-2-4-15(12-21)18(23)14-5-7-16(19)8-6-14/h5-8,15H,2-4,9-13H2,1H3,(H,20,22)/t15-/m1/s1. The topological polar surface area (TPSA) is 58.6 Å².